The zero-order valence-corrected chi connectivity index (χ0v) is 16.8. The van der Waals surface area contributed by atoms with Crippen molar-refractivity contribution in [1.82, 2.24) is 0 Å². The predicted octanol–water partition coefficient (Wildman–Crippen LogP) is 5.80. The van der Waals surface area contributed by atoms with Crippen molar-refractivity contribution in [3.05, 3.63) is 0 Å². The van der Waals surface area contributed by atoms with E-state index < -0.39 is 8.56 Å². The van der Waals surface area contributed by atoms with Gasteiger partial charge in [0.2, 0.25) is 0 Å². The zero-order valence-electron chi connectivity index (χ0n) is 15.8. The second-order valence-corrected chi connectivity index (χ2v) is 10.0. The van der Waals surface area contributed by atoms with Gasteiger partial charge >= 0.3 is 8.56 Å². The fourth-order valence-electron chi connectivity index (χ4n) is 3.04. The number of rotatable bonds is 18. The molecule has 0 unspecified atom stereocenters. The fraction of sp³-hybridized carbons (Fsp3) is 0.947. The first-order chi connectivity index (χ1) is 11.1. The molecule has 0 aromatic carbocycles. The molecule has 0 aromatic heterocycles. The molecule has 0 spiro atoms. The van der Waals surface area contributed by atoms with Crippen molar-refractivity contribution in [2.45, 2.75) is 116 Å². The number of nitrogens with zero attached hydrogens (tertiary/aromatic N) is 1. The number of nitrogens with two attached hydrogens (primary N) is 2. The third-order valence-corrected chi connectivity index (χ3v) is 6.47. The molecular formula is C19H43N3Si. The Labute approximate surface area is 147 Å². The van der Waals surface area contributed by atoms with Crippen LogP contribution in [-0.4, -0.2) is 15.3 Å². The predicted molar refractivity (Wildman–Crippen MR) is 108 cm³/mol. The van der Waals surface area contributed by atoms with Crippen LogP contribution < -0.4 is 10.8 Å². The molecule has 0 aliphatic rings. The summed E-state index contributed by atoms with van der Waals surface area (Å²) < 4.78 is 3.87. The van der Waals surface area contributed by atoms with Crippen molar-refractivity contribution in [2.24, 2.45) is 15.5 Å². The zero-order chi connectivity index (χ0) is 17.2. The van der Waals surface area contributed by atoms with Gasteiger partial charge in [0.25, 0.3) is 0 Å². The number of hydrogen-bond donors (Lipinski definition) is 2. The van der Waals surface area contributed by atoms with E-state index in [-0.39, 0.29) is 0 Å². The molecule has 0 saturated carbocycles. The van der Waals surface area contributed by atoms with Crippen LogP contribution in [0, 0.1) is 0 Å². The summed E-state index contributed by atoms with van der Waals surface area (Å²) in [6.07, 6.45) is 22.2. The Hall–Kier alpha value is -0.193. The molecule has 0 aliphatic heterocycles. The summed E-state index contributed by atoms with van der Waals surface area (Å²) in [5, 5.41) is 11.7. The summed E-state index contributed by atoms with van der Waals surface area (Å²) in [6, 6.07) is 0.884. The lowest BCUT2D eigenvalue weighted by atomic mass is 10.0. The molecule has 0 atom stereocenters. The molecule has 0 fully saturated rings. The molecule has 0 aliphatic carbocycles. The summed E-state index contributed by atoms with van der Waals surface area (Å²) in [5.74, 6) is 0. The van der Waals surface area contributed by atoms with E-state index in [1.807, 2.05) is 0 Å². The highest BCUT2D eigenvalue weighted by molar-refractivity contribution is 6.72. The minimum absolute atomic E-state index is 0.884. The molecule has 0 aromatic rings. The van der Waals surface area contributed by atoms with Gasteiger partial charge < -0.3 is 15.5 Å². The Morgan fingerprint density at radius 1 is 0.609 bits per heavy atom. The highest BCUT2D eigenvalue weighted by Gasteiger charge is 2.20. The maximum absolute atomic E-state index is 5.86. The Balaban J connectivity index is 3.07. The number of unbranched alkanes of at least 4 members (excludes halogenated alkanes) is 15. The van der Waals surface area contributed by atoms with Crippen LogP contribution in [0.15, 0.2) is 4.66 Å². The van der Waals surface area contributed by atoms with E-state index in [4.69, 9.17) is 10.8 Å². The standard InChI is InChI=1S/C19H43N3Si/c1-3-4-5-6-7-8-9-10-11-12-13-14-15-16-17-18-19-23(20,21)22-2/h2-21H2,1H3. The van der Waals surface area contributed by atoms with E-state index in [1.54, 1.807) is 0 Å². The van der Waals surface area contributed by atoms with E-state index >= 15 is 0 Å². The average Bonchev–Trinajstić information content (AvgIpc) is 2.54. The Kier molecular flexibility index (Phi) is 16.5. The Morgan fingerprint density at radius 3 is 1.22 bits per heavy atom. The van der Waals surface area contributed by atoms with Gasteiger partial charge in [-0.3, -0.25) is 0 Å². The first kappa shape index (κ1) is 22.8. The molecule has 138 valence electrons. The summed E-state index contributed by atoms with van der Waals surface area (Å²) in [5.41, 5.74) is 0. The molecule has 0 rings (SSSR count). The molecule has 0 amide bonds. The maximum Gasteiger partial charge on any atom is 0.326 e. The molecule has 0 saturated heterocycles. The van der Waals surface area contributed by atoms with Crippen LogP contribution >= 0.6 is 0 Å². The quantitative estimate of drug-likeness (QED) is 0.188. The molecule has 4 heteroatoms. The second kappa shape index (κ2) is 16.7. The van der Waals surface area contributed by atoms with Crippen LogP contribution in [0.4, 0.5) is 0 Å². The van der Waals surface area contributed by atoms with Crippen LogP contribution in [0.2, 0.25) is 6.04 Å². The van der Waals surface area contributed by atoms with Gasteiger partial charge in [0.1, 0.15) is 0 Å². The van der Waals surface area contributed by atoms with Crippen LogP contribution in [0.1, 0.15) is 110 Å². The summed E-state index contributed by atoms with van der Waals surface area (Å²) >= 11 is 0. The monoisotopic (exact) mass is 341 g/mol. The van der Waals surface area contributed by atoms with Crippen molar-refractivity contribution >= 4 is 15.3 Å². The van der Waals surface area contributed by atoms with E-state index in [0.717, 1.165) is 12.5 Å². The molecular weight excluding hydrogens is 298 g/mol. The highest BCUT2D eigenvalue weighted by atomic mass is 28.4. The number of hydrogen-bond acceptors (Lipinski definition) is 3. The molecule has 0 bridgehead atoms. The van der Waals surface area contributed by atoms with Crippen molar-refractivity contribution in [2.75, 3.05) is 0 Å². The lowest BCUT2D eigenvalue weighted by molar-refractivity contribution is 0.531. The second-order valence-electron chi connectivity index (χ2n) is 7.20. The van der Waals surface area contributed by atoms with Gasteiger partial charge in [0, 0.05) is 0 Å². The molecule has 3 nitrogen and oxygen atoms in total. The molecule has 0 radical (unpaired) electrons. The maximum atomic E-state index is 5.86. The SMILES string of the molecule is C=N[Si](N)(N)CCCCCCCCCCCCCCCCCC. The first-order valence-electron chi connectivity index (χ1n) is 10.2. The van der Waals surface area contributed by atoms with Crippen molar-refractivity contribution < 1.29 is 0 Å². The highest BCUT2D eigenvalue weighted by Crippen LogP contribution is 2.14. The van der Waals surface area contributed by atoms with Gasteiger partial charge in [-0.05, 0) is 12.8 Å². The third-order valence-electron chi connectivity index (χ3n) is 4.73. The van der Waals surface area contributed by atoms with Gasteiger partial charge in [-0.1, -0.05) is 110 Å². The minimum atomic E-state index is -2.27. The summed E-state index contributed by atoms with van der Waals surface area (Å²) in [6.45, 7) is 5.77. The third kappa shape index (κ3) is 18.0. The Bertz CT molecular complexity index is 257. The average molecular weight is 342 g/mol. The van der Waals surface area contributed by atoms with Crippen molar-refractivity contribution in [1.29, 1.82) is 0 Å². The van der Waals surface area contributed by atoms with Gasteiger partial charge in [-0.2, -0.15) is 0 Å². The van der Waals surface area contributed by atoms with E-state index in [0.29, 0.717) is 0 Å². The molecule has 4 N–H and O–H groups in total. The van der Waals surface area contributed by atoms with Crippen LogP contribution in [0.25, 0.3) is 0 Å². The smallest absolute Gasteiger partial charge is 0.321 e. The molecule has 23 heavy (non-hydrogen) atoms. The van der Waals surface area contributed by atoms with Crippen molar-refractivity contribution in [3.63, 3.8) is 0 Å². The normalized spacial score (nSPS) is 11.8. The van der Waals surface area contributed by atoms with Crippen LogP contribution in [-0.2, 0) is 0 Å². The lowest BCUT2D eigenvalue weighted by Crippen LogP contribution is -2.53. The van der Waals surface area contributed by atoms with Gasteiger partial charge in [0.05, 0.1) is 0 Å². The fourth-order valence-corrected chi connectivity index (χ4v) is 4.01. The topological polar surface area (TPSA) is 64.4 Å². The summed E-state index contributed by atoms with van der Waals surface area (Å²) in [7, 11) is -2.27. The molecule has 0 heterocycles. The van der Waals surface area contributed by atoms with E-state index in [1.165, 1.54) is 96.3 Å². The largest absolute Gasteiger partial charge is 0.326 e. The van der Waals surface area contributed by atoms with E-state index in [2.05, 4.69) is 18.3 Å². The van der Waals surface area contributed by atoms with E-state index in [9.17, 15) is 0 Å². The minimum Gasteiger partial charge on any atom is -0.321 e. The van der Waals surface area contributed by atoms with Gasteiger partial charge in [-0.15, -0.1) is 0 Å². The van der Waals surface area contributed by atoms with Gasteiger partial charge in [0.15, 0.2) is 0 Å². The first-order valence-corrected chi connectivity index (χ1v) is 12.5. The van der Waals surface area contributed by atoms with Gasteiger partial charge in [-0.25, -0.2) is 0 Å². The lowest BCUT2D eigenvalue weighted by Gasteiger charge is -2.13. The van der Waals surface area contributed by atoms with Crippen LogP contribution in [0.5, 0.6) is 0 Å². The Morgan fingerprint density at radius 2 is 0.913 bits per heavy atom. The van der Waals surface area contributed by atoms with Crippen LogP contribution in [0.3, 0.4) is 0 Å². The summed E-state index contributed by atoms with van der Waals surface area (Å²) in [4.78, 5) is 0. The van der Waals surface area contributed by atoms with Crippen molar-refractivity contribution in [3.8, 4) is 0 Å².